The Kier molecular flexibility index (Phi) is 6.36. The minimum atomic E-state index is -0.630. The van der Waals surface area contributed by atoms with Gasteiger partial charge in [-0.05, 0) is 37.3 Å². The van der Waals surface area contributed by atoms with Gasteiger partial charge in [-0.2, -0.15) is 0 Å². The first-order valence-electron chi connectivity index (χ1n) is 8.94. The Labute approximate surface area is 157 Å². The van der Waals surface area contributed by atoms with Crippen LogP contribution >= 0.6 is 0 Å². The van der Waals surface area contributed by atoms with Gasteiger partial charge in [0.15, 0.2) is 0 Å². The maximum atomic E-state index is 13.8. The van der Waals surface area contributed by atoms with Crippen molar-refractivity contribution in [3.8, 4) is 0 Å². The summed E-state index contributed by atoms with van der Waals surface area (Å²) in [6.45, 7) is 4.89. The molecule has 0 radical (unpaired) electrons. The molecule has 1 aliphatic heterocycles. The zero-order valence-electron chi connectivity index (χ0n) is 15.2. The number of carbonyl (C=O) groups excluding carboxylic acids is 1. The molecule has 1 fully saturated rings. The highest BCUT2D eigenvalue weighted by Crippen LogP contribution is 2.19. The normalized spacial score (nSPS) is 15.4. The van der Waals surface area contributed by atoms with Crippen LogP contribution in [0.5, 0.6) is 0 Å². The Bertz CT molecular complexity index is 777. The van der Waals surface area contributed by atoms with Gasteiger partial charge < -0.3 is 20.3 Å². The maximum Gasteiger partial charge on any atom is 0.238 e. The number of morpholine rings is 1. The summed E-state index contributed by atoms with van der Waals surface area (Å²) in [4.78, 5) is 14.4. The van der Waals surface area contributed by atoms with Gasteiger partial charge in [-0.25, -0.2) is 8.78 Å². The van der Waals surface area contributed by atoms with Crippen LogP contribution in [0.1, 0.15) is 18.5 Å². The second kappa shape index (κ2) is 8.92. The Balaban J connectivity index is 1.50. The van der Waals surface area contributed by atoms with E-state index in [1.165, 1.54) is 12.1 Å². The van der Waals surface area contributed by atoms with Crippen molar-refractivity contribution < 1.29 is 18.3 Å². The third kappa shape index (κ3) is 5.24. The molecule has 144 valence electrons. The van der Waals surface area contributed by atoms with E-state index in [1.54, 1.807) is 6.92 Å². The molecule has 0 aliphatic carbocycles. The fourth-order valence-electron chi connectivity index (χ4n) is 2.99. The molecule has 7 heteroatoms. The highest BCUT2D eigenvalue weighted by Gasteiger charge is 2.14. The average molecular weight is 375 g/mol. The van der Waals surface area contributed by atoms with Gasteiger partial charge in [0.1, 0.15) is 11.6 Å². The summed E-state index contributed by atoms with van der Waals surface area (Å²) in [6.07, 6.45) is 0. The molecule has 2 aromatic carbocycles. The van der Waals surface area contributed by atoms with E-state index in [0.29, 0.717) is 11.3 Å². The first-order valence-corrected chi connectivity index (χ1v) is 8.94. The number of carbonyl (C=O) groups is 1. The SMILES string of the molecule is C[C@H](NCC(=O)Nc1ccc(N2CCOCC2)cc1)c1ccc(F)cc1F. The molecule has 1 amide bonds. The van der Waals surface area contributed by atoms with Crippen LogP contribution in [0.15, 0.2) is 42.5 Å². The molecule has 3 rings (SSSR count). The highest BCUT2D eigenvalue weighted by molar-refractivity contribution is 5.92. The third-order valence-corrected chi connectivity index (χ3v) is 4.53. The molecular formula is C20H23F2N3O2. The predicted molar refractivity (Wildman–Crippen MR) is 101 cm³/mol. The van der Waals surface area contributed by atoms with Crippen LogP contribution in [0.4, 0.5) is 20.2 Å². The summed E-state index contributed by atoms with van der Waals surface area (Å²) >= 11 is 0. The van der Waals surface area contributed by atoms with Crippen molar-refractivity contribution in [3.63, 3.8) is 0 Å². The number of anilines is 2. The summed E-state index contributed by atoms with van der Waals surface area (Å²) in [5, 5.41) is 5.75. The van der Waals surface area contributed by atoms with Crippen molar-refractivity contribution in [2.75, 3.05) is 43.1 Å². The predicted octanol–water partition coefficient (Wildman–Crippen LogP) is 3.09. The van der Waals surface area contributed by atoms with Gasteiger partial charge in [-0.1, -0.05) is 6.07 Å². The quantitative estimate of drug-likeness (QED) is 0.815. The smallest absolute Gasteiger partial charge is 0.238 e. The van der Waals surface area contributed by atoms with Crippen molar-refractivity contribution in [2.24, 2.45) is 0 Å². The van der Waals surface area contributed by atoms with Crippen LogP contribution in [0.25, 0.3) is 0 Å². The van der Waals surface area contributed by atoms with E-state index < -0.39 is 17.7 Å². The van der Waals surface area contributed by atoms with Crippen LogP contribution in [-0.4, -0.2) is 38.8 Å². The van der Waals surface area contributed by atoms with E-state index in [-0.39, 0.29) is 12.5 Å². The highest BCUT2D eigenvalue weighted by atomic mass is 19.1. The largest absolute Gasteiger partial charge is 0.378 e. The van der Waals surface area contributed by atoms with Crippen molar-refractivity contribution >= 4 is 17.3 Å². The second-order valence-corrected chi connectivity index (χ2v) is 6.46. The monoisotopic (exact) mass is 375 g/mol. The van der Waals surface area contributed by atoms with Crippen molar-refractivity contribution in [1.29, 1.82) is 0 Å². The Morgan fingerprint density at radius 2 is 1.85 bits per heavy atom. The fraction of sp³-hybridized carbons (Fsp3) is 0.350. The summed E-state index contributed by atoms with van der Waals surface area (Å²) in [6, 6.07) is 10.6. The van der Waals surface area contributed by atoms with Gasteiger partial charge in [-0.15, -0.1) is 0 Å². The van der Waals surface area contributed by atoms with E-state index in [0.717, 1.165) is 38.1 Å². The molecule has 1 aliphatic rings. The van der Waals surface area contributed by atoms with Gasteiger partial charge in [0.05, 0.1) is 19.8 Å². The topological polar surface area (TPSA) is 53.6 Å². The lowest BCUT2D eigenvalue weighted by molar-refractivity contribution is -0.115. The molecule has 0 saturated carbocycles. The average Bonchev–Trinajstić information content (AvgIpc) is 2.67. The van der Waals surface area contributed by atoms with Crippen LogP contribution in [0.3, 0.4) is 0 Å². The molecule has 2 aromatic rings. The van der Waals surface area contributed by atoms with E-state index in [1.807, 2.05) is 24.3 Å². The number of amides is 1. The first-order chi connectivity index (χ1) is 13.0. The van der Waals surface area contributed by atoms with E-state index in [4.69, 9.17) is 4.74 Å². The Morgan fingerprint density at radius 1 is 1.15 bits per heavy atom. The molecule has 0 bridgehead atoms. The van der Waals surface area contributed by atoms with Gasteiger partial charge in [0.2, 0.25) is 5.91 Å². The van der Waals surface area contributed by atoms with Crippen LogP contribution in [-0.2, 0) is 9.53 Å². The third-order valence-electron chi connectivity index (χ3n) is 4.53. The Morgan fingerprint density at radius 3 is 2.52 bits per heavy atom. The molecule has 1 saturated heterocycles. The number of rotatable bonds is 6. The molecule has 1 heterocycles. The number of nitrogens with one attached hydrogen (secondary N) is 2. The van der Waals surface area contributed by atoms with E-state index in [9.17, 15) is 13.6 Å². The zero-order valence-corrected chi connectivity index (χ0v) is 15.2. The number of benzene rings is 2. The van der Waals surface area contributed by atoms with Crippen molar-refractivity contribution in [3.05, 3.63) is 59.7 Å². The number of hydrogen-bond donors (Lipinski definition) is 2. The van der Waals surface area contributed by atoms with E-state index >= 15 is 0 Å². The summed E-state index contributed by atoms with van der Waals surface area (Å²) in [7, 11) is 0. The van der Waals surface area contributed by atoms with Gasteiger partial charge in [0.25, 0.3) is 0 Å². The lowest BCUT2D eigenvalue weighted by Gasteiger charge is -2.28. The van der Waals surface area contributed by atoms with Gasteiger partial charge in [0, 0.05) is 42.1 Å². The number of nitrogens with zero attached hydrogens (tertiary/aromatic N) is 1. The molecule has 0 spiro atoms. The molecule has 1 atom stereocenters. The molecule has 0 aromatic heterocycles. The minimum absolute atomic E-state index is 0.0171. The van der Waals surface area contributed by atoms with E-state index in [2.05, 4.69) is 15.5 Å². The lowest BCUT2D eigenvalue weighted by Crippen LogP contribution is -2.36. The summed E-state index contributed by atoms with van der Waals surface area (Å²) in [5.41, 5.74) is 2.10. The standard InChI is InChI=1S/C20H23F2N3O2/c1-14(18-7-2-15(21)12-19(18)22)23-13-20(26)24-16-3-5-17(6-4-16)25-8-10-27-11-9-25/h2-7,12,14,23H,8-11,13H2,1H3,(H,24,26)/t14-/m0/s1. The zero-order chi connectivity index (χ0) is 19.2. The molecular weight excluding hydrogens is 352 g/mol. The molecule has 27 heavy (non-hydrogen) atoms. The van der Waals surface area contributed by atoms with Crippen LogP contribution in [0.2, 0.25) is 0 Å². The summed E-state index contributed by atoms with van der Waals surface area (Å²) < 4.78 is 32.1. The molecule has 5 nitrogen and oxygen atoms in total. The van der Waals surface area contributed by atoms with Crippen molar-refractivity contribution in [1.82, 2.24) is 5.32 Å². The second-order valence-electron chi connectivity index (χ2n) is 6.46. The molecule has 2 N–H and O–H groups in total. The van der Waals surface area contributed by atoms with Crippen LogP contribution in [0, 0.1) is 11.6 Å². The number of ether oxygens (including phenoxy) is 1. The maximum absolute atomic E-state index is 13.8. The van der Waals surface area contributed by atoms with Gasteiger partial charge >= 0.3 is 0 Å². The first kappa shape index (κ1) is 19.3. The van der Waals surface area contributed by atoms with Crippen LogP contribution < -0.4 is 15.5 Å². The van der Waals surface area contributed by atoms with Crippen molar-refractivity contribution in [2.45, 2.75) is 13.0 Å². The lowest BCUT2D eigenvalue weighted by atomic mass is 10.1. The number of halogens is 2. The Hall–Kier alpha value is -2.51. The van der Waals surface area contributed by atoms with Gasteiger partial charge in [-0.3, -0.25) is 4.79 Å². The minimum Gasteiger partial charge on any atom is -0.378 e. The fourth-order valence-corrected chi connectivity index (χ4v) is 2.99. The summed E-state index contributed by atoms with van der Waals surface area (Å²) in [5.74, 6) is -1.49. The number of hydrogen-bond acceptors (Lipinski definition) is 4. The molecule has 0 unspecified atom stereocenters.